The Hall–Kier alpha value is -6.64. The van der Waals surface area contributed by atoms with Crippen LogP contribution in [0.5, 0.6) is 11.5 Å². The van der Waals surface area contributed by atoms with Gasteiger partial charge >= 0.3 is 0 Å². The van der Waals surface area contributed by atoms with E-state index in [2.05, 4.69) is 206 Å². The Balaban J connectivity index is -0.000000207. The van der Waals surface area contributed by atoms with Gasteiger partial charge in [-0.1, -0.05) is 291 Å². The fourth-order valence-electron chi connectivity index (χ4n) is 5.26. The Morgan fingerprint density at radius 3 is 1.24 bits per heavy atom. The average Bonchev–Trinajstić information content (AvgIpc) is 4.57. The van der Waals surface area contributed by atoms with Crippen molar-refractivity contribution < 1.29 is 13.9 Å². The molecule has 2 N–H and O–H groups in total. The third kappa shape index (κ3) is 62.2. The van der Waals surface area contributed by atoms with Crippen LogP contribution < -0.4 is 14.8 Å². The van der Waals surface area contributed by atoms with Gasteiger partial charge in [0.1, 0.15) is 18.8 Å². The zero-order valence-corrected chi connectivity index (χ0v) is 61.5. The van der Waals surface area contributed by atoms with Crippen LogP contribution in [0.1, 0.15) is 199 Å². The number of fused-ring (bicyclic) bond motifs is 5. The van der Waals surface area contributed by atoms with Crippen LogP contribution in [0.25, 0.3) is 32.0 Å². The second-order valence-corrected chi connectivity index (χ2v) is 22.9. The van der Waals surface area contributed by atoms with E-state index in [1.807, 2.05) is 179 Å². The minimum atomic E-state index is 0.664. The Bertz CT molecular complexity index is 2340. The van der Waals surface area contributed by atoms with Gasteiger partial charge in [0.2, 0.25) is 0 Å². The molecule has 0 radical (unpaired) electrons. The monoisotopic (exact) mass is 1210 g/mol. The Morgan fingerprint density at radius 1 is 0.425 bits per heavy atom. The zero-order valence-electron chi connectivity index (χ0n) is 60.6. The number of para-hydroxylation sites is 5. The molecule has 5 aromatic carbocycles. The topological polar surface area (TPSA) is 85.2 Å². The molecule has 2 aliphatic heterocycles. The van der Waals surface area contributed by atoms with Crippen LogP contribution in [0.3, 0.4) is 0 Å². The molecule has 490 valence electrons. The van der Waals surface area contributed by atoms with E-state index in [0.29, 0.717) is 13.2 Å². The lowest BCUT2D eigenvalue weighted by molar-refractivity contribution is 0.171. The number of rotatable bonds is 0. The van der Waals surface area contributed by atoms with Gasteiger partial charge in [0.05, 0.1) is 18.0 Å². The van der Waals surface area contributed by atoms with Crippen LogP contribution in [-0.4, -0.2) is 28.4 Å². The van der Waals surface area contributed by atoms with E-state index in [9.17, 15) is 0 Å². The number of furan rings is 1. The van der Waals surface area contributed by atoms with Gasteiger partial charge < -0.3 is 19.2 Å². The number of benzene rings is 5. The van der Waals surface area contributed by atoms with Gasteiger partial charge in [0.25, 0.3) is 0 Å². The number of anilines is 1. The molecular weight excluding hydrogens is 1080 g/mol. The maximum atomic E-state index is 5.30. The normalized spacial score (nSPS) is 9.93. The quantitative estimate of drug-likeness (QED) is 0.157. The summed E-state index contributed by atoms with van der Waals surface area (Å²) in [5, 5.41) is 15.7. The molecule has 6 heterocycles. The van der Waals surface area contributed by atoms with Crippen LogP contribution in [0.4, 0.5) is 5.69 Å². The summed E-state index contributed by atoms with van der Waals surface area (Å²) in [6, 6.07) is 50.2. The molecule has 0 fully saturated rings. The van der Waals surface area contributed by atoms with Crippen LogP contribution in [0.15, 0.2) is 199 Å². The van der Waals surface area contributed by atoms with Gasteiger partial charge in [0, 0.05) is 45.7 Å². The summed E-state index contributed by atoms with van der Waals surface area (Å²) >= 11 is 1.79. The number of hydrogen-bond donors (Lipinski definition) is 2. The number of hydrogen-bond acceptors (Lipinski definition) is 7. The van der Waals surface area contributed by atoms with Crippen molar-refractivity contribution in [1.29, 1.82) is 0 Å². The molecule has 2 aliphatic rings. The third-order valence-electron chi connectivity index (χ3n) is 7.82. The number of thiophene rings is 1. The molecule has 0 saturated heterocycles. The van der Waals surface area contributed by atoms with Crippen molar-refractivity contribution in [2.75, 3.05) is 18.5 Å². The average molecular weight is 1220 g/mol. The summed E-state index contributed by atoms with van der Waals surface area (Å²) in [6.45, 7) is 64.2. The molecule has 7 nitrogen and oxygen atoms in total. The second kappa shape index (κ2) is 66.9. The van der Waals surface area contributed by atoms with E-state index >= 15 is 0 Å². The van der Waals surface area contributed by atoms with E-state index in [1.165, 1.54) is 21.3 Å². The lowest BCUT2D eigenvalue weighted by atomic mass is 10.2. The first-order chi connectivity index (χ1) is 41.6. The first kappa shape index (κ1) is 91.5. The molecular formula is C79H130N4O3S. The van der Waals surface area contributed by atoms with Crippen molar-refractivity contribution >= 4 is 49.0 Å². The molecule has 0 amide bonds. The van der Waals surface area contributed by atoms with Crippen LogP contribution >= 0.6 is 11.3 Å². The number of nitrogens with one attached hydrogen (secondary N) is 2. The highest BCUT2D eigenvalue weighted by atomic mass is 32.1. The highest BCUT2D eigenvalue weighted by Crippen LogP contribution is 2.28. The molecule has 9 aromatic rings. The summed E-state index contributed by atoms with van der Waals surface area (Å²) in [6.07, 6.45) is 8.00. The minimum absolute atomic E-state index is 0.664. The summed E-state index contributed by atoms with van der Waals surface area (Å²) < 4.78 is 17.1. The number of ether oxygens (including phenoxy) is 2. The van der Waals surface area contributed by atoms with Gasteiger partial charge in [-0.15, -0.1) is 11.3 Å². The highest BCUT2D eigenvalue weighted by molar-refractivity contribution is 7.17. The van der Waals surface area contributed by atoms with Crippen molar-refractivity contribution in [2.24, 2.45) is 35.5 Å². The predicted molar refractivity (Wildman–Crippen MR) is 399 cm³/mol. The second-order valence-electron chi connectivity index (χ2n) is 22.0. The largest absolute Gasteiger partial charge is 0.486 e. The van der Waals surface area contributed by atoms with Crippen LogP contribution in [0, 0.1) is 35.5 Å². The molecule has 0 bridgehead atoms. The number of nitrogens with zero attached hydrogens (tertiary/aromatic N) is 2. The number of allylic oxidation sites excluding steroid dienone is 1. The maximum absolute atomic E-state index is 5.30. The van der Waals surface area contributed by atoms with Crippen LogP contribution in [-0.2, 0) is 6.42 Å². The van der Waals surface area contributed by atoms with Crippen LogP contribution in [0.2, 0.25) is 0 Å². The van der Waals surface area contributed by atoms with Gasteiger partial charge in [0.15, 0.2) is 11.5 Å². The third-order valence-corrected chi connectivity index (χ3v) is 8.72. The lowest BCUT2D eigenvalue weighted by Crippen LogP contribution is -2.14. The molecule has 0 atom stereocenters. The Kier molecular flexibility index (Phi) is 70.4. The van der Waals surface area contributed by atoms with Crippen molar-refractivity contribution in [3.63, 3.8) is 0 Å². The molecule has 11 rings (SSSR count). The van der Waals surface area contributed by atoms with Crippen molar-refractivity contribution in [3.05, 3.63) is 200 Å². The van der Waals surface area contributed by atoms with Crippen molar-refractivity contribution in [3.8, 4) is 11.5 Å². The fourth-order valence-corrected chi connectivity index (χ4v) is 6.05. The molecule has 0 unspecified atom stereocenters. The zero-order chi connectivity index (χ0) is 67.8. The first-order valence-electron chi connectivity index (χ1n) is 32.6. The molecule has 0 saturated carbocycles. The Labute approximate surface area is 540 Å². The molecule has 0 spiro atoms. The van der Waals surface area contributed by atoms with Crippen molar-refractivity contribution in [1.82, 2.24) is 15.2 Å². The minimum Gasteiger partial charge on any atom is -0.486 e. The number of pyridine rings is 1. The van der Waals surface area contributed by atoms with Gasteiger partial charge in [-0.05, 0) is 113 Å². The number of aromatic amines is 1. The Morgan fingerprint density at radius 2 is 0.828 bits per heavy atom. The molecule has 8 heteroatoms. The van der Waals surface area contributed by atoms with E-state index < -0.39 is 0 Å². The van der Waals surface area contributed by atoms with E-state index in [0.717, 1.165) is 81.0 Å². The molecule has 4 aromatic heterocycles. The standard InChI is InChI=1S/C9H9N.C8H8O2.C8H6O.C8H6S.C7H6N2.C5H5N.6C4H10.5C2H6/c1-7-6-8-4-2-3-5-9(8)10-7;1-2-4-8-7(3-1)9-5-6-10-8;2*1-2-4-8-7(3-1)5-6-9-8;1-2-4-7-6(3-1)5-8-9-7;1-2-4-6-5-3-1;6*1-4(2)3;5*1-2/h2-5,10H,1,6H2;1-4H,5-6H2;2*1-6H;1-5H,(H,8,9);1-5H;6*4H,1-3H3;5*1-2H3. The van der Waals surface area contributed by atoms with Gasteiger partial charge in [-0.3, -0.25) is 10.1 Å². The van der Waals surface area contributed by atoms with Gasteiger partial charge in [-0.2, -0.15) is 5.10 Å². The fraction of sp³-hybridized carbons (Fsp3) is 0.468. The smallest absolute Gasteiger partial charge is 0.161 e. The molecule has 87 heavy (non-hydrogen) atoms. The molecule has 0 aliphatic carbocycles. The lowest BCUT2D eigenvalue weighted by Gasteiger charge is -2.17. The predicted octanol–water partition coefficient (Wildman–Crippen LogP) is 26.7. The van der Waals surface area contributed by atoms with Crippen molar-refractivity contribution in [2.45, 2.75) is 200 Å². The summed E-state index contributed by atoms with van der Waals surface area (Å²) in [4.78, 5) is 3.78. The highest BCUT2D eigenvalue weighted by Gasteiger charge is 2.10. The van der Waals surface area contributed by atoms with E-state index in [4.69, 9.17) is 13.9 Å². The first-order valence-corrected chi connectivity index (χ1v) is 33.4. The van der Waals surface area contributed by atoms with Gasteiger partial charge in [-0.25, -0.2) is 0 Å². The number of H-pyrrole nitrogens is 1. The summed E-state index contributed by atoms with van der Waals surface area (Å²) in [5.41, 5.74) is 5.72. The number of aromatic nitrogens is 3. The summed E-state index contributed by atoms with van der Waals surface area (Å²) in [7, 11) is 0. The van der Waals surface area contributed by atoms with E-state index in [1.54, 1.807) is 30.0 Å². The summed E-state index contributed by atoms with van der Waals surface area (Å²) in [5.74, 6) is 6.71. The SMILES string of the molecule is C=C1Cc2ccccc2N1.CC.CC.CC.CC.CC.CC(C)C.CC(C)C.CC(C)C.CC(C)C.CC(C)C.CC(C)C.c1ccc2[nH]ncc2c1.c1ccc2c(c1)OCCO2.c1ccc2occc2c1.c1ccc2sccc2c1.c1ccncc1. The maximum Gasteiger partial charge on any atom is 0.161 e. The van der Waals surface area contributed by atoms with E-state index in [-0.39, 0.29) is 0 Å².